The summed E-state index contributed by atoms with van der Waals surface area (Å²) < 4.78 is 0. The largest absolute Gasteiger partial charge is 0.329 e. The zero-order valence-electron chi connectivity index (χ0n) is 10.8. The average molecular weight is 271 g/mol. The van der Waals surface area contributed by atoms with Gasteiger partial charge in [-0.15, -0.1) is 11.3 Å². The van der Waals surface area contributed by atoms with Gasteiger partial charge in [-0.25, -0.2) is 4.98 Å². The first-order valence-corrected chi connectivity index (χ1v) is 7.92. The molecule has 2 N–H and O–H groups in total. The summed E-state index contributed by atoms with van der Waals surface area (Å²) in [7, 11) is 2.20. The summed E-state index contributed by atoms with van der Waals surface area (Å²) in [5.41, 5.74) is 9.30. The summed E-state index contributed by atoms with van der Waals surface area (Å²) in [5, 5.41) is 0.726. The van der Waals surface area contributed by atoms with Crippen LogP contribution in [-0.4, -0.2) is 40.0 Å². The quantitative estimate of drug-likeness (QED) is 0.911. The van der Waals surface area contributed by atoms with Gasteiger partial charge in [-0.1, -0.05) is 6.92 Å². The number of aryl methyl sites for hydroxylation is 1. The van der Waals surface area contributed by atoms with E-state index in [0.717, 1.165) is 29.8 Å². The molecule has 3 nitrogen and oxygen atoms in total. The summed E-state index contributed by atoms with van der Waals surface area (Å²) in [4.78, 5) is 8.12. The molecule has 2 unspecified atom stereocenters. The molecule has 0 amide bonds. The molecule has 1 aliphatic heterocycles. The lowest BCUT2D eigenvalue weighted by atomic mass is 9.94. The second-order valence-corrected chi connectivity index (χ2v) is 7.34. The first kappa shape index (κ1) is 13.3. The maximum Gasteiger partial charge on any atom is 0.0798 e. The van der Waals surface area contributed by atoms with Crippen LogP contribution in [-0.2, 0) is 6.54 Å². The highest BCUT2D eigenvalue weighted by Gasteiger charge is 2.40. The van der Waals surface area contributed by atoms with Crippen molar-refractivity contribution in [1.82, 2.24) is 9.88 Å². The van der Waals surface area contributed by atoms with E-state index in [1.165, 1.54) is 11.3 Å². The van der Waals surface area contributed by atoms with Crippen molar-refractivity contribution in [3.8, 4) is 0 Å². The Morgan fingerprint density at radius 3 is 2.88 bits per heavy atom. The van der Waals surface area contributed by atoms with Gasteiger partial charge in [0.25, 0.3) is 0 Å². The van der Waals surface area contributed by atoms with E-state index >= 15 is 0 Å². The second-order valence-electron chi connectivity index (χ2n) is 4.97. The Labute approximate surface area is 112 Å². The zero-order chi connectivity index (χ0) is 12.5. The Morgan fingerprint density at radius 2 is 2.41 bits per heavy atom. The molecule has 5 heteroatoms. The number of nitrogens with two attached hydrogens (primary N) is 1. The van der Waals surface area contributed by atoms with E-state index < -0.39 is 0 Å². The lowest BCUT2D eigenvalue weighted by Crippen LogP contribution is -2.52. The smallest absolute Gasteiger partial charge is 0.0798 e. The molecule has 0 spiro atoms. The maximum atomic E-state index is 6.03. The van der Waals surface area contributed by atoms with E-state index in [0.29, 0.717) is 0 Å². The molecule has 0 saturated carbocycles. The molecular formula is C12H21N3S2. The van der Waals surface area contributed by atoms with Gasteiger partial charge in [0, 0.05) is 34.5 Å². The summed E-state index contributed by atoms with van der Waals surface area (Å²) in [6.07, 6.45) is 1.20. The van der Waals surface area contributed by atoms with Gasteiger partial charge in [0.15, 0.2) is 0 Å². The molecule has 2 rings (SSSR count). The topological polar surface area (TPSA) is 42.2 Å². The summed E-state index contributed by atoms with van der Waals surface area (Å²) in [5.74, 6) is 1.15. The Morgan fingerprint density at radius 1 is 1.65 bits per heavy atom. The van der Waals surface area contributed by atoms with E-state index in [1.54, 1.807) is 11.3 Å². The highest BCUT2D eigenvalue weighted by Crippen LogP contribution is 2.38. The molecule has 1 saturated heterocycles. The SMILES string of the molecule is Cc1ncsc1CN(C)C1(CN)CSC(C)C1. The van der Waals surface area contributed by atoms with Gasteiger partial charge in [0.1, 0.15) is 0 Å². The van der Waals surface area contributed by atoms with Crippen LogP contribution in [0.15, 0.2) is 5.51 Å². The van der Waals surface area contributed by atoms with E-state index in [-0.39, 0.29) is 5.54 Å². The van der Waals surface area contributed by atoms with Gasteiger partial charge in [-0.3, -0.25) is 4.90 Å². The fraction of sp³-hybridized carbons (Fsp3) is 0.750. The number of hydrogen-bond acceptors (Lipinski definition) is 5. The molecule has 0 aliphatic carbocycles. The second kappa shape index (κ2) is 5.26. The minimum atomic E-state index is 0.181. The van der Waals surface area contributed by atoms with E-state index in [4.69, 9.17) is 5.73 Å². The fourth-order valence-electron chi connectivity index (χ4n) is 2.38. The first-order chi connectivity index (χ1) is 8.07. The van der Waals surface area contributed by atoms with Gasteiger partial charge >= 0.3 is 0 Å². The van der Waals surface area contributed by atoms with Crippen molar-refractivity contribution in [2.24, 2.45) is 5.73 Å². The van der Waals surface area contributed by atoms with Crippen molar-refractivity contribution >= 4 is 23.1 Å². The first-order valence-electron chi connectivity index (χ1n) is 5.99. The highest BCUT2D eigenvalue weighted by molar-refractivity contribution is 8.00. The predicted octanol–water partition coefficient (Wildman–Crippen LogP) is 2.11. The number of aromatic nitrogens is 1. The van der Waals surface area contributed by atoms with Gasteiger partial charge in [-0.2, -0.15) is 11.8 Å². The summed E-state index contributed by atoms with van der Waals surface area (Å²) in [6.45, 7) is 6.11. The molecule has 96 valence electrons. The molecule has 1 fully saturated rings. The normalized spacial score (nSPS) is 29.1. The van der Waals surface area contributed by atoms with Crippen molar-refractivity contribution < 1.29 is 0 Å². The van der Waals surface area contributed by atoms with Crippen LogP contribution in [0.5, 0.6) is 0 Å². The minimum Gasteiger partial charge on any atom is -0.329 e. The molecule has 0 bridgehead atoms. The molecular weight excluding hydrogens is 250 g/mol. The van der Waals surface area contributed by atoms with Crippen LogP contribution in [0.1, 0.15) is 23.9 Å². The van der Waals surface area contributed by atoms with Crippen molar-refractivity contribution in [3.63, 3.8) is 0 Å². The third kappa shape index (κ3) is 2.67. The zero-order valence-corrected chi connectivity index (χ0v) is 12.4. The van der Waals surface area contributed by atoms with E-state index in [1.807, 2.05) is 17.3 Å². The van der Waals surface area contributed by atoms with E-state index in [2.05, 4.69) is 30.8 Å². The van der Waals surface area contributed by atoms with Gasteiger partial charge in [-0.05, 0) is 20.4 Å². The summed E-state index contributed by atoms with van der Waals surface area (Å²) >= 11 is 3.79. The Balaban J connectivity index is 2.08. The van der Waals surface area contributed by atoms with Crippen LogP contribution in [0.2, 0.25) is 0 Å². The molecule has 2 heterocycles. The Kier molecular flexibility index (Phi) is 4.13. The molecule has 0 aromatic carbocycles. The standard InChI is InChI=1S/C12H21N3S2/c1-9-4-12(6-13,7-16-9)15(3)5-11-10(2)14-8-17-11/h8-9H,4-7,13H2,1-3H3. The lowest BCUT2D eigenvalue weighted by molar-refractivity contribution is 0.140. The molecule has 17 heavy (non-hydrogen) atoms. The molecule has 1 aromatic heterocycles. The molecule has 2 atom stereocenters. The predicted molar refractivity (Wildman–Crippen MR) is 76.6 cm³/mol. The van der Waals surface area contributed by atoms with Crippen molar-refractivity contribution in [3.05, 3.63) is 16.1 Å². The lowest BCUT2D eigenvalue weighted by Gasteiger charge is -2.37. The van der Waals surface area contributed by atoms with Crippen molar-refractivity contribution in [1.29, 1.82) is 0 Å². The van der Waals surface area contributed by atoms with Crippen molar-refractivity contribution in [2.75, 3.05) is 19.3 Å². The van der Waals surface area contributed by atoms with Crippen LogP contribution in [0.3, 0.4) is 0 Å². The fourth-order valence-corrected chi connectivity index (χ4v) is 4.68. The monoisotopic (exact) mass is 271 g/mol. The molecule has 0 radical (unpaired) electrons. The maximum absolute atomic E-state index is 6.03. The van der Waals surface area contributed by atoms with Crippen LogP contribution in [0.4, 0.5) is 0 Å². The van der Waals surface area contributed by atoms with Crippen LogP contribution in [0.25, 0.3) is 0 Å². The molecule has 1 aromatic rings. The van der Waals surface area contributed by atoms with Crippen LogP contribution < -0.4 is 5.73 Å². The highest BCUT2D eigenvalue weighted by atomic mass is 32.2. The average Bonchev–Trinajstić information content (AvgIpc) is 2.87. The van der Waals surface area contributed by atoms with Gasteiger partial charge < -0.3 is 5.73 Å². The number of thioether (sulfide) groups is 1. The number of nitrogens with zero attached hydrogens (tertiary/aromatic N) is 2. The minimum absolute atomic E-state index is 0.181. The Hall–Kier alpha value is -0.100. The van der Waals surface area contributed by atoms with Gasteiger partial charge in [0.2, 0.25) is 0 Å². The van der Waals surface area contributed by atoms with Crippen LogP contribution >= 0.6 is 23.1 Å². The molecule has 1 aliphatic rings. The summed E-state index contributed by atoms with van der Waals surface area (Å²) in [6, 6.07) is 0. The third-order valence-electron chi connectivity index (χ3n) is 3.72. The Bertz CT molecular complexity index is 380. The number of thiazole rings is 1. The van der Waals surface area contributed by atoms with Crippen molar-refractivity contribution in [2.45, 2.75) is 37.6 Å². The van der Waals surface area contributed by atoms with Crippen LogP contribution in [0, 0.1) is 6.92 Å². The number of likely N-dealkylation sites (N-methyl/N-ethyl adjacent to an activating group) is 1. The van der Waals surface area contributed by atoms with E-state index in [9.17, 15) is 0 Å². The number of hydrogen-bond donors (Lipinski definition) is 1. The van der Waals surface area contributed by atoms with Gasteiger partial charge in [0.05, 0.1) is 11.2 Å². The number of rotatable bonds is 4. The third-order valence-corrected chi connectivity index (χ3v) is 6.08.